The number of rotatable bonds is 5. The van der Waals surface area contributed by atoms with Crippen molar-refractivity contribution in [1.82, 2.24) is 0 Å². The summed E-state index contributed by atoms with van der Waals surface area (Å²) in [6.07, 6.45) is 0.612. The first kappa shape index (κ1) is 14.0. The van der Waals surface area contributed by atoms with Crippen molar-refractivity contribution in [2.24, 2.45) is 0 Å². The van der Waals surface area contributed by atoms with E-state index in [0.717, 1.165) is 10.6 Å². The summed E-state index contributed by atoms with van der Waals surface area (Å²) >= 11 is 0. The Hall–Kier alpha value is -1.37. The van der Waals surface area contributed by atoms with Crippen molar-refractivity contribution >= 4 is 17.8 Å². The van der Waals surface area contributed by atoms with Gasteiger partial charge in [0.2, 0.25) is 0 Å². The number of aliphatic hydroxyl groups is 1. The highest BCUT2D eigenvalue weighted by molar-refractivity contribution is 7.78. The average Bonchev–Trinajstić information content (AvgIpc) is 2.46. The molecule has 19 heavy (non-hydrogen) atoms. The second kappa shape index (κ2) is 6.18. The number of benzene rings is 2. The van der Waals surface area contributed by atoms with E-state index in [-0.39, 0.29) is 0 Å². The molecule has 0 bridgehead atoms. The van der Waals surface area contributed by atoms with Crippen molar-refractivity contribution in [3.05, 3.63) is 60.7 Å². The van der Waals surface area contributed by atoms with E-state index in [1.165, 1.54) is 0 Å². The van der Waals surface area contributed by atoms with Crippen LogP contribution in [0.3, 0.4) is 0 Å². The van der Waals surface area contributed by atoms with Crippen LogP contribution >= 0.6 is 7.14 Å². The van der Waals surface area contributed by atoms with Crippen molar-refractivity contribution in [2.45, 2.75) is 19.4 Å². The van der Waals surface area contributed by atoms with Gasteiger partial charge in [0.15, 0.2) is 0 Å². The third-order valence-corrected chi connectivity index (χ3v) is 6.36. The molecule has 1 N–H and O–H groups in total. The molecule has 0 saturated carbocycles. The molecular formula is C16H19O2P. The van der Waals surface area contributed by atoms with Crippen LogP contribution < -0.4 is 10.6 Å². The van der Waals surface area contributed by atoms with Crippen LogP contribution in [0.4, 0.5) is 0 Å². The van der Waals surface area contributed by atoms with E-state index in [0.29, 0.717) is 12.6 Å². The van der Waals surface area contributed by atoms with E-state index < -0.39 is 13.2 Å². The second-order valence-corrected chi connectivity index (χ2v) is 7.73. The molecule has 0 heterocycles. The van der Waals surface area contributed by atoms with E-state index in [4.69, 9.17) is 0 Å². The average molecular weight is 274 g/mol. The van der Waals surface area contributed by atoms with Crippen molar-refractivity contribution in [3.8, 4) is 0 Å². The molecule has 2 aromatic carbocycles. The first-order chi connectivity index (χ1) is 9.13. The van der Waals surface area contributed by atoms with Gasteiger partial charge in [0.1, 0.15) is 7.14 Å². The molecule has 1 atom stereocenters. The van der Waals surface area contributed by atoms with Crippen LogP contribution in [0.15, 0.2) is 60.7 Å². The number of hydrogen-bond acceptors (Lipinski definition) is 2. The molecule has 100 valence electrons. The lowest BCUT2D eigenvalue weighted by Crippen LogP contribution is -2.20. The quantitative estimate of drug-likeness (QED) is 0.851. The molecule has 0 aliphatic heterocycles. The van der Waals surface area contributed by atoms with Gasteiger partial charge in [0, 0.05) is 16.8 Å². The summed E-state index contributed by atoms with van der Waals surface area (Å²) in [5, 5.41) is 11.2. The molecule has 2 nitrogen and oxygen atoms in total. The van der Waals surface area contributed by atoms with E-state index in [2.05, 4.69) is 0 Å². The Labute approximate surface area is 114 Å². The van der Waals surface area contributed by atoms with Crippen LogP contribution in [0.5, 0.6) is 0 Å². The number of hydrogen-bond donors (Lipinski definition) is 1. The molecule has 1 unspecified atom stereocenters. The first-order valence-corrected chi connectivity index (χ1v) is 8.40. The van der Waals surface area contributed by atoms with Crippen molar-refractivity contribution in [3.63, 3.8) is 0 Å². The molecule has 0 spiro atoms. The van der Waals surface area contributed by atoms with Gasteiger partial charge < -0.3 is 9.67 Å². The summed E-state index contributed by atoms with van der Waals surface area (Å²) in [5.74, 6) is 0. The highest BCUT2D eigenvalue weighted by atomic mass is 31.2. The highest BCUT2D eigenvalue weighted by Crippen LogP contribution is 2.44. The third-order valence-electron chi connectivity index (χ3n) is 3.21. The zero-order valence-electron chi connectivity index (χ0n) is 11.1. The molecule has 0 radical (unpaired) electrons. The van der Waals surface area contributed by atoms with Crippen molar-refractivity contribution in [2.75, 3.05) is 6.16 Å². The van der Waals surface area contributed by atoms with E-state index in [1.807, 2.05) is 60.7 Å². The lowest BCUT2D eigenvalue weighted by Gasteiger charge is -2.20. The second-order valence-electron chi connectivity index (χ2n) is 4.77. The molecule has 0 aliphatic carbocycles. The predicted molar refractivity (Wildman–Crippen MR) is 80.9 cm³/mol. The maximum absolute atomic E-state index is 13.4. The van der Waals surface area contributed by atoms with Crippen LogP contribution in [-0.2, 0) is 4.57 Å². The fourth-order valence-electron chi connectivity index (χ4n) is 2.11. The van der Waals surface area contributed by atoms with E-state index >= 15 is 0 Å². The molecular weight excluding hydrogens is 255 g/mol. The summed E-state index contributed by atoms with van der Waals surface area (Å²) in [5.41, 5.74) is 0. The summed E-state index contributed by atoms with van der Waals surface area (Å²) in [4.78, 5) is 0. The Bertz CT molecular complexity index is 506. The van der Waals surface area contributed by atoms with Crippen LogP contribution in [0.25, 0.3) is 0 Å². The van der Waals surface area contributed by atoms with Gasteiger partial charge >= 0.3 is 0 Å². The minimum atomic E-state index is -2.64. The van der Waals surface area contributed by atoms with Crippen LogP contribution in [0, 0.1) is 0 Å². The molecule has 0 fully saturated rings. The molecule has 3 heteroatoms. The molecule has 2 aromatic rings. The van der Waals surface area contributed by atoms with Crippen LogP contribution in [0.2, 0.25) is 0 Å². The minimum Gasteiger partial charge on any atom is -0.393 e. The maximum atomic E-state index is 13.4. The maximum Gasteiger partial charge on any atom is 0.143 e. The van der Waals surface area contributed by atoms with Gasteiger partial charge in [0.05, 0.1) is 6.10 Å². The van der Waals surface area contributed by atoms with Gasteiger partial charge in [-0.15, -0.1) is 0 Å². The van der Waals surface area contributed by atoms with Crippen molar-refractivity contribution < 1.29 is 9.67 Å². The SMILES string of the molecule is CC(O)CCP(=O)(c1ccccc1)c1ccccc1. The van der Waals surface area contributed by atoms with Gasteiger partial charge in [-0.3, -0.25) is 0 Å². The molecule has 0 saturated heterocycles. The molecule has 0 aliphatic rings. The van der Waals surface area contributed by atoms with Gasteiger partial charge in [0.25, 0.3) is 0 Å². The summed E-state index contributed by atoms with van der Waals surface area (Å²) in [6, 6.07) is 19.1. The van der Waals surface area contributed by atoms with Gasteiger partial charge in [-0.25, -0.2) is 0 Å². The molecule has 0 aromatic heterocycles. The van der Waals surface area contributed by atoms with Gasteiger partial charge in [-0.05, 0) is 13.3 Å². The zero-order chi connectivity index (χ0) is 13.7. The Morgan fingerprint density at radius 2 is 1.37 bits per heavy atom. The lowest BCUT2D eigenvalue weighted by atomic mass is 10.3. The fraction of sp³-hybridized carbons (Fsp3) is 0.250. The summed E-state index contributed by atoms with van der Waals surface area (Å²) in [6.45, 7) is 1.74. The minimum absolute atomic E-state index is 0.430. The summed E-state index contributed by atoms with van der Waals surface area (Å²) < 4.78 is 13.4. The van der Waals surface area contributed by atoms with Gasteiger partial charge in [-0.1, -0.05) is 60.7 Å². The first-order valence-electron chi connectivity index (χ1n) is 6.51. The molecule has 2 rings (SSSR count). The lowest BCUT2D eigenvalue weighted by molar-refractivity contribution is 0.191. The van der Waals surface area contributed by atoms with Crippen LogP contribution in [-0.4, -0.2) is 17.4 Å². The van der Waals surface area contributed by atoms with Crippen molar-refractivity contribution in [1.29, 1.82) is 0 Å². The highest BCUT2D eigenvalue weighted by Gasteiger charge is 2.26. The number of aliphatic hydroxyl groups excluding tert-OH is 1. The van der Waals surface area contributed by atoms with E-state index in [1.54, 1.807) is 6.92 Å². The largest absolute Gasteiger partial charge is 0.393 e. The fourth-order valence-corrected chi connectivity index (χ4v) is 4.97. The van der Waals surface area contributed by atoms with Crippen LogP contribution in [0.1, 0.15) is 13.3 Å². The Morgan fingerprint density at radius 3 is 1.74 bits per heavy atom. The topological polar surface area (TPSA) is 37.3 Å². The standard InChI is InChI=1S/C16H19O2P/c1-14(17)12-13-19(18,15-8-4-2-5-9-15)16-10-6-3-7-11-16/h2-11,14,17H,12-13H2,1H3. The molecule has 0 amide bonds. The normalized spacial score (nSPS) is 13.2. The Balaban J connectivity index is 2.42. The summed E-state index contributed by atoms with van der Waals surface area (Å²) in [7, 11) is -2.64. The third kappa shape index (κ3) is 3.34. The smallest absolute Gasteiger partial charge is 0.143 e. The Kier molecular flexibility index (Phi) is 4.57. The predicted octanol–water partition coefficient (Wildman–Crippen LogP) is 2.77. The Morgan fingerprint density at radius 1 is 0.947 bits per heavy atom. The van der Waals surface area contributed by atoms with Gasteiger partial charge in [-0.2, -0.15) is 0 Å². The monoisotopic (exact) mass is 274 g/mol. The van der Waals surface area contributed by atoms with E-state index in [9.17, 15) is 9.67 Å². The zero-order valence-corrected chi connectivity index (χ0v) is 12.0.